The lowest BCUT2D eigenvalue weighted by atomic mass is 10.2. The molecule has 0 bridgehead atoms. The van der Waals surface area contributed by atoms with Crippen LogP contribution in [0.2, 0.25) is 0 Å². The number of guanidine groups is 1. The molecular weight excluding hydrogens is 495 g/mol. The second-order valence-corrected chi connectivity index (χ2v) is 8.60. The largest absolute Gasteiger partial charge is 0.497 e. The topological polar surface area (TPSA) is 92.3 Å². The number of nitrogens with zero attached hydrogens (tertiary/aromatic N) is 2. The van der Waals surface area contributed by atoms with Crippen LogP contribution in [-0.4, -0.2) is 77.7 Å². The number of nitrogens with one attached hydrogen (secondary N) is 2. The van der Waals surface area contributed by atoms with Gasteiger partial charge in [-0.15, -0.1) is 24.0 Å². The van der Waals surface area contributed by atoms with Gasteiger partial charge in [0.15, 0.2) is 15.8 Å². The van der Waals surface area contributed by atoms with Crippen molar-refractivity contribution in [3.63, 3.8) is 0 Å². The minimum atomic E-state index is -2.84. The Morgan fingerprint density at radius 2 is 1.89 bits per heavy atom. The van der Waals surface area contributed by atoms with Gasteiger partial charge >= 0.3 is 0 Å². The minimum absolute atomic E-state index is 0. The predicted molar refractivity (Wildman–Crippen MR) is 123 cm³/mol. The Hall–Kier alpha value is -1.27. The molecule has 0 unspecified atom stereocenters. The maximum absolute atomic E-state index is 11.5. The van der Waals surface area contributed by atoms with Crippen LogP contribution in [0.5, 0.6) is 11.5 Å². The first kappa shape index (κ1) is 24.8. The SMILES string of the molecule is CCNC(=NCc1ccc(OC)cc1OC)NCCN1CCS(=O)(=O)CC1.I. The summed E-state index contributed by atoms with van der Waals surface area (Å²) in [6.07, 6.45) is 0. The Labute approximate surface area is 185 Å². The summed E-state index contributed by atoms with van der Waals surface area (Å²) in [7, 11) is 0.416. The molecule has 0 spiro atoms. The summed E-state index contributed by atoms with van der Waals surface area (Å²) in [5.41, 5.74) is 0.969. The third-order valence-corrected chi connectivity index (χ3v) is 6.01. The predicted octanol–water partition coefficient (Wildman–Crippen LogP) is 1.11. The van der Waals surface area contributed by atoms with Crippen molar-refractivity contribution >= 4 is 39.8 Å². The van der Waals surface area contributed by atoms with E-state index in [9.17, 15) is 8.42 Å². The summed E-state index contributed by atoms with van der Waals surface area (Å²) in [5.74, 6) is 2.70. The molecule has 0 amide bonds. The summed E-state index contributed by atoms with van der Waals surface area (Å²) < 4.78 is 33.6. The monoisotopic (exact) mass is 526 g/mol. The highest BCUT2D eigenvalue weighted by molar-refractivity contribution is 14.0. The van der Waals surface area contributed by atoms with Crippen molar-refractivity contribution in [1.29, 1.82) is 0 Å². The van der Waals surface area contributed by atoms with E-state index >= 15 is 0 Å². The molecular formula is C18H31IN4O4S. The summed E-state index contributed by atoms with van der Waals surface area (Å²) in [4.78, 5) is 6.77. The lowest BCUT2D eigenvalue weighted by Gasteiger charge is -2.26. The molecule has 0 aliphatic carbocycles. The molecule has 2 N–H and O–H groups in total. The van der Waals surface area contributed by atoms with Crippen LogP contribution in [0, 0.1) is 0 Å². The van der Waals surface area contributed by atoms with Crippen molar-refractivity contribution in [3.8, 4) is 11.5 Å². The van der Waals surface area contributed by atoms with E-state index in [4.69, 9.17) is 9.47 Å². The minimum Gasteiger partial charge on any atom is -0.497 e. The molecule has 1 aliphatic rings. The maximum Gasteiger partial charge on any atom is 0.191 e. The molecule has 1 saturated heterocycles. The molecule has 1 heterocycles. The number of hydrogen-bond donors (Lipinski definition) is 2. The zero-order valence-corrected chi connectivity index (χ0v) is 19.9. The molecule has 8 nitrogen and oxygen atoms in total. The van der Waals surface area contributed by atoms with Gasteiger partial charge in [-0.25, -0.2) is 13.4 Å². The van der Waals surface area contributed by atoms with Crippen molar-refractivity contribution in [2.45, 2.75) is 13.5 Å². The summed E-state index contributed by atoms with van der Waals surface area (Å²) >= 11 is 0. The Bertz CT molecular complexity index is 729. The van der Waals surface area contributed by atoms with Crippen molar-refractivity contribution in [2.24, 2.45) is 4.99 Å². The lowest BCUT2D eigenvalue weighted by molar-refractivity contribution is 0.299. The molecule has 0 radical (unpaired) electrons. The Balaban J connectivity index is 0.00000392. The van der Waals surface area contributed by atoms with Crippen molar-refractivity contribution in [1.82, 2.24) is 15.5 Å². The van der Waals surface area contributed by atoms with Crippen LogP contribution in [0.15, 0.2) is 23.2 Å². The first-order valence-corrected chi connectivity index (χ1v) is 11.0. The van der Waals surface area contributed by atoms with Gasteiger partial charge < -0.3 is 20.1 Å². The van der Waals surface area contributed by atoms with Gasteiger partial charge in [-0.05, 0) is 19.1 Å². The molecule has 28 heavy (non-hydrogen) atoms. The van der Waals surface area contributed by atoms with E-state index in [2.05, 4.69) is 20.5 Å². The molecule has 0 saturated carbocycles. The van der Waals surface area contributed by atoms with Gasteiger partial charge in [0.05, 0.1) is 32.3 Å². The number of halogens is 1. The van der Waals surface area contributed by atoms with E-state index in [1.165, 1.54) is 0 Å². The fourth-order valence-electron chi connectivity index (χ4n) is 2.79. The standard InChI is InChI=1S/C18H30N4O4S.HI/c1-4-19-18(20-7-8-22-9-11-27(23,24)12-10-22)21-14-15-5-6-16(25-2)13-17(15)26-3;/h5-6,13H,4,7-12,14H2,1-3H3,(H2,19,20,21);1H. The number of methoxy groups -OCH3 is 2. The van der Waals surface area contributed by atoms with Crippen LogP contribution in [-0.2, 0) is 16.4 Å². The van der Waals surface area contributed by atoms with Gasteiger partial charge in [0.25, 0.3) is 0 Å². The first-order valence-electron chi connectivity index (χ1n) is 9.13. The molecule has 1 aliphatic heterocycles. The number of ether oxygens (including phenoxy) is 2. The summed E-state index contributed by atoms with van der Waals surface area (Å²) in [5, 5.41) is 6.52. The van der Waals surface area contributed by atoms with Crippen molar-refractivity contribution in [2.75, 3.05) is 58.4 Å². The van der Waals surface area contributed by atoms with Gasteiger partial charge in [0.1, 0.15) is 11.5 Å². The van der Waals surface area contributed by atoms with Gasteiger partial charge in [0.2, 0.25) is 0 Å². The number of rotatable bonds is 8. The second-order valence-electron chi connectivity index (χ2n) is 6.29. The fraction of sp³-hybridized carbons (Fsp3) is 0.611. The summed E-state index contributed by atoms with van der Waals surface area (Å²) in [6.45, 7) is 5.93. The highest BCUT2D eigenvalue weighted by Gasteiger charge is 2.20. The van der Waals surface area contributed by atoms with Crippen LogP contribution in [0.1, 0.15) is 12.5 Å². The van der Waals surface area contributed by atoms with E-state index in [-0.39, 0.29) is 35.5 Å². The third-order valence-electron chi connectivity index (χ3n) is 4.40. The average Bonchev–Trinajstić information content (AvgIpc) is 2.67. The van der Waals surface area contributed by atoms with Crippen molar-refractivity contribution < 1.29 is 17.9 Å². The molecule has 160 valence electrons. The number of hydrogen-bond acceptors (Lipinski definition) is 6. The maximum atomic E-state index is 11.5. The van der Waals surface area contributed by atoms with E-state index < -0.39 is 9.84 Å². The van der Waals surface area contributed by atoms with Gasteiger partial charge in [-0.1, -0.05) is 0 Å². The quantitative estimate of drug-likeness (QED) is 0.298. The van der Waals surface area contributed by atoms with Gasteiger partial charge in [0, 0.05) is 44.4 Å². The molecule has 1 fully saturated rings. The lowest BCUT2D eigenvalue weighted by Crippen LogP contribution is -2.45. The molecule has 0 atom stereocenters. The Morgan fingerprint density at radius 3 is 2.50 bits per heavy atom. The normalized spacial score (nSPS) is 16.8. The fourth-order valence-corrected chi connectivity index (χ4v) is 4.07. The average molecular weight is 526 g/mol. The smallest absolute Gasteiger partial charge is 0.191 e. The van der Waals surface area contributed by atoms with Crippen LogP contribution >= 0.6 is 24.0 Å². The van der Waals surface area contributed by atoms with Crippen LogP contribution in [0.4, 0.5) is 0 Å². The highest BCUT2D eigenvalue weighted by Crippen LogP contribution is 2.25. The van der Waals surface area contributed by atoms with E-state index in [1.54, 1.807) is 14.2 Å². The van der Waals surface area contributed by atoms with Crippen LogP contribution in [0.3, 0.4) is 0 Å². The molecule has 0 aromatic heterocycles. The van der Waals surface area contributed by atoms with E-state index in [0.717, 1.165) is 36.1 Å². The van der Waals surface area contributed by atoms with Crippen LogP contribution in [0.25, 0.3) is 0 Å². The highest BCUT2D eigenvalue weighted by atomic mass is 127. The molecule has 2 rings (SSSR count). The Kier molecular flexibility index (Phi) is 10.9. The van der Waals surface area contributed by atoms with Crippen molar-refractivity contribution in [3.05, 3.63) is 23.8 Å². The molecule has 10 heteroatoms. The second kappa shape index (κ2) is 12.3. The Morgan fingerprint density at radius 1 is 1.18 bits per heavy atom. The van der Waals surface area contributed by atoms with Gasteiger partial charge in [-0.3, -0.25) is 4.90 Å². The number of benzene rings is 1. The molecule has 1 aromatic carbocycles. The zero-order valence-electron chi connectivity index (χ0n) is 16.7. The van der Waals surface area contributed by atoms with E-state index in [1.807, 2.05) is 25.1 Å². The van der Waals surface area contributed by atoms with Crippen LogP contribution < -0.4 is 20.1 Å². The zero-order chi connectivity index (χ0) is 19.7. The first-order chi connectivity index (χ1) is 13.0. The molecule has 1 aromatic rings. The summed E-state index contributed by atoms with van der Waals surface area (Å²) in [6, 6.07) is 5.67. The van der Waals surface area contributed by atoms with E-state index in [0.29, 0.717) is 26.2 Å². The third kappa shape index (κ3) is 8.00. The number of sulfone groups is 1. The number of aliphatic imine (C=N–C) groups is 1. The van der Waals surface area contributed by atoms with Gasteiger partial charge in [-0.2, -0.15) is 0 Å².